The number of carbonyl (C=O) groups is 1. The van der Waals surface area contributed by atoms with E-state index in [1.54, 1.807) is 0 Å². The van der Waals surface area contributed by atoms with Crippen LogP contribution in [0.5, 0.6) is 0 Å². The van der Waals surface area contributed by atoms with Gasteiger partial charge in [0.25, 0.3) is 0 Å². The summed E-state index contributed by atoms with van der Waals surface area (Å²) in [6.45, 7) is 19.7. The van der Waals surface area contributed by atoms with Gasteiger partial charge in [0, 0.05) is 24.3 Å². The number of halogens is 1. The largest absolute Gasteiger partial charge is 0.461 e. The van der Waals surface area contributed by atoms with Crippen molar-refractivity contribution in [1.29, 1.82) is 0 Å². The smallest absolute Gasteiger partial charge is 0.340 e. The van der Waals surface area contributed by atoms with Crippen LogP contribution in [-0.4, -0.2) is 35.7 Å². The monoisotopic (exact) mass is 480 g/mol. The molecule has 1 aliphatic rings. The molecule has 1 unspecified atom stereocenters. The van der Waals surface area contributed by atoms with Gasteiger partial charge in [0.2, 0.25) is 0 Å². The lowest BCUT2D eigenvalue weighted by molar-refractivity contribution is -0.171. The lowest BCUT2D eigenvalue weighted by atomic mass is 9.96. The number of esters is 1. The van der Waals surface area contributed by atoms with Crippen LogP contribution in [0.3, 0.4) is 0 Å². The molecule has 0 aliphatic carbocycles. The van der Waals surface area contributed by atoms with Gasteiger partial charge < -0.3 is 14.4 Å². The first kappa shape index (κ1) is 24.9. The van der Waals surface area contributed by atoms with Crippen LogP contribution in [0.15, 0.2) is 15.6 Å². The molecule has 0 saturated carbocycles. The van der Waals surface area contributed by atoms with Crippen LogP contribution in [0.1, 0.15) is 84.4 Å². The van der Waals surface area contributed by atoms with E-state index in [2.05, 4.69) is 34.7 Å². The van der Waals surface area contributed by atoms with Gasteiger partial charge >= 0.3 is 5.97 Å². The van der Waals surface area contributed by atoms with Crippen LogP contribution in [0.2, 0.25) is 0 Å². The van der Waals surface area contributed by atoms with E-state index in [0.29, 0.717) is 0 Å². The molecule has 2 heterocycles. The van der Waals surface area contributed by atoms with Gasteiger partial charge in [-0.1, -0.05) is 11.1 Å². The fourth-order valence-corrected chi connectivity index (χ4v) is 4.37. The molecule has 2 rings (SSSR count). The Kier molecular flexibility index (Phi) is 8.14. The van der Waals surface area contributed by atoms with Crippen molar-refractivity contribution >= 4 is 27.6 Å². The van der Waals surface area contributed by atoms with Gasteiger partial charge in [-0.05, 0) is 91.1 Å². The Balaban J connectivity index is 2.60. The van der Waals surface area contributed by atoms with Crippen molar-refractivity contribution in [2.24, 2.45) is 0 Å². The number of piperidine rings is 1. The average Bonchev–Trinajstić information content (AvgIpc) is 2.61. The SMILES string of the molecule is CC(C)=C1CCN(c2c(Br)c(C)nc(C)c2C(OC(C)(C)C)C(=O)OC(C)C)CC1. The molecule has 5 nitrogen and oxygen atoms in total. The van der Waals surface area contributed by atoms with Crippen molar-refractivity contribution in [3.05, 3.63) is 32.6 Å². The molecule has 1 aromatic rings. The third kappa shape index (κ3) is 6.07. The van der Waals surface area contributed by atoms with Crippen LogP contribution in [0.4, 0.5) is 5.69 Å². The molecule has 0 N–H and O–H groups in total. The first-order chi connectivity index (χ1) is 13.8. The molecule has 0 aromatic carbocycles. The summed E-state index contributed by atoms with van der Waals surface area (Å²) in [6, 6.07) is 0. The third-order valence-electron chi connectivity index (χ3n) is 5.20. The predicted octanol–water partition coefficient (Wildman–Crippen LogP) is 6.21. The number of aryl methyl sites for hydroxylation is 2. The van der Waals surface area contributed by atoms with E-state index in [0.717, 1.165) is 53.0 Å². The van der Waals surface area contributed by atoms with Crippen molar-refractivity contribution in [1.82, 2.24) is 4.98 Å². The minimum atomic E-state index is -0.836. The Morgan fingerprint density at radius 1 is 1.10 bits per heavy atom. The maximum absolute atomic E-state index is 13.1. The number of allylic oxidation sites excluding steroid dienone is 1. The summed E-state index contributed by atoms with van der Waals surface area (Å²) >= 11 is 3.77. The Hall–Kier alpha value is -1.40. The predicted molar refractivity (Wildman–Crippen MR) is 126 cm³/mol. The van der Waals surface area contributed by atoms with Crippen LogP contribution >= 0.6 is 15.9 Å². The summed E-state index contributed by atoms with van der Waals surface area (Å²) < 4.78 is 12.8. The maximum Gasteiger partial charge on any atom is 0.340 e. The van der Waals surface area contributed by atoms with Crippen molar-refractivity contribution in [2.45, 2.75) is 93.0 Å². The van der Waals surface area contributed by atoms with Crippen molar-refractivity contribution in [2.75, 3.05) is 18.0 Å². The van der Waals surface area contributed by atoms with Crippen molar-refractivity contribution in [3.63, 3.8) is 0 Å². The molecular weight excluding hydrogens is 444 g/mol. The van der Waals surface area contributed by atoms with E-state index in [9.17, 15) is 4.79 Å². The lowest BCUT2D eigenvalue weighted by Crippen LogP contribution is -2.36. The standard InChI is InChI=1S/C24H37BrN2O3/c1-14(2)18-10-12-27(13-11-18)21-19(16(5)26-17(6)20(21)25)22(30-24(7,8)9)23(28)29-15(3)4/h15,22H,10-13H2,1-9H3. The first-order valence-electron chi connectivity index (χ1n) is 10.8. The molecule has 0 amide bonds. The van der Waals surface area contributed by atoms with Gasteiger partial charge in [-0.3, -0.25) is 4.98 Å². The van der Waals surface area contributed by atoms with Gasteiger partial charge in [0.05, 0.1) is 27.6 Å². The molecule has 0 radical (unpaired) electrons. The second-order valence-electron chi connectivity index (χ2n) is 9.55. The van der Waals surface area contributed by atoms with Gasteiger partial charge in [0.15, 0.2) is 6.10 Å². The summed E-state index contributed by atoms with van der Waals surface area (Å²) in [6.07, 6.45) is 0.993. The summed E-state index contributed by atoms with van der Waals surface area (Å²) in [4.78, 5) is 20.2. The molecule has 0 spiro atoms. The highest BCUT2D eigenvalue weighted by atomic mass is 79.9. The molecule has 168 valence electrons. The number of rotatable bonds is 5. The van der Waals surface area contributed by atoms with E-state index < -0.39 is 11.7 Å². The molecular formula is C24H37BrN2O3. The molecule has 30 heavy (non-hydrogen) atoms. The van der Waals surface area contributed by atoms with Gasteiger partial charge in [-0.15, -0.1) is 0 Å². The number of carbonyl (C=O) groups excluding carboxylic acids is 1. The van der Waals surface area contributed by atoms with E-state index >= 15 is 0 Å². The fourth-order valence-electron chi connectivity index (χ4n) is 3.82. The Morgan fingerprint density at radius 2 is 1.67 bits per heavy atom. The Labute approximate surface area is 190 Å². The number of pyridine rings is 1. The highest BCUT2D eigenvalue weighted by Gasteiger charge is 2.36. The number of hydrogen-bond donors (Lipinski definition) is 0. The van der Waals surface area contributed by atoms with Gasteiger partial charge in [-0.2, -0.15) is 0 Å². The molecule has 1 fully saturated rings. The minimum absolute atomic E-state index is 0.218. The second-order valence-corrected chi connectivity index (χ2v) is 10.3. The number of ether oxygens (including phenoxy) is 2. The zero-order valence-corrected chi connectivity index (χ0v) is 21.6. The molecule has 1 atom stereocenters. The minimum Gasteiger partial charge on any atom is -0.461 e. The van der Waals surface area contributed by atoms with Crippen LogP contribution < -0.4 is 4.90 Å². The second kappa shape index (κ2) is 9.82. The average molecular weight is 481 g/mol. The first-order valence-corrected chi connectivity index (χ1v) is 11.6. The van der Waals surface area contributed by atoms with Crippen LogP contribution in [0, 0.1) is 13.8 Å². The van der Waals surface area contributed by atoms with Gasteiger partial charge in [0.1, 0.15) is 0 Å². The Bertz CT molecular complexity index is 811. The van der Waals surface area contributed by atoms with Crippen molar-refractivity contribution in [3.8, 4) is 0 Å². The third-order valence-corrected chi connectivity index (χ3v) is 6.15. The number of aromatic nitrogens is 1. The summed E-state index contributed by atoms with van der Waals surface area (Å²) in [5, 5.41) is 0. The van der Waals surface area contributed by atoms with E-state index in [-0.39, 0.29) is 12.1 Å². The summed E-state index contributed by atoms with van der Waals surface area (Å²) in [7, 11) is 0. The summed E-state index contributed by atoms with van der Waals surface area (Å²) in [5.41, 5.74) is 5.92. The molecule has 6 heteroatoms. The van der Waals surface area contributed by atoms with E-state index in [1.165, 1.54) is 11.1 Å². The molecule has 1 aliphatic heterocycles. The van der Waals surface area contributed by atoms with Crippen molar-refractivity contribution < 1.29 is 14.3 Å². The Morgan fingerprint density at radius 3 is 2.13 bits per heavy atom. The molecule has 1 saturated heterocycles. The maximum atomic E-state index is 13.1. The molecule has 0 bridgehead atoms. The molecule has 1 aromatic heterocycles. The zero-order valence-electron chi connectivity index (χ0n) is 20.0. The number of anilines is 1. The van der Waals surface area contributed by atoms with E-state index in [1.807, 2.05) is 48.5 Å². The van der Waals surface area contributed by atoms with Crippen LogP contribution in [0.25, 0.3) is 0 Å². The topological polar surface area (TPSA) is 51.7 Å². The zero-order chi connectivity index (χ0) is 22.8. The fraction of sp³-hybridized carbons (Fsp3) is 0.667. The highest BCUT2D eigenvalue weighted by Crippen LogP contribution is 2.42. The highest BCUT2D eigenvalue weighted by molar-refractivity contribution is 9.10. The lowest BCUT2D eigenvalue weighted by Gasteiger charge is -2.36. The van der Waals surface area contributed by atoms with Gasteiger partial charge in [-0.25, -0.2) is 4.79 Å². The summed E-state index contributed by atoms with van der Waals surface area (Å²) in [5.74, 6) is -0.371. The number of hydrogen-bond acceptors (Lipinski definition) is 5. The number of nitrogens with zero attached hydrogens (tertiary/aromatic N) is 2. The quantitative estimate of drug-likeness (QED) is 0.370. The van der Waals surface area contributed by atoms with Crippen LogP contribution in [-0.2, 0) is 14.3 Å². The normalized spacial score (nSPS) is 16.1. The van der Waals surface area contributed by atoms with E-state index in [4.69, 9.17) is 14.5 Å².